The number of amides is 1. The van der Waals surface area contributed by atoms with E-state index in [0.717, 1.165) is 48.3 Å². The molecule has 1 aromatic heterocycles. The van der Waals surface area contributed by atoms with Crippen LogP contribution in [-0.4, -0.2) is 41.5 Å². The van der Waals surface area contributed by atoms with Gasteiger partial charge in [0.05, 0.1) is 0 Å². The number of fused-ring (bicyclic) bond motifs is 5. The van der Waals surface area contributed by atoms with E-state index >= 15 is 0 Å². The molecule has 0 radical (unpaired) electrons. The Morgan fingerprint density at radius 2 is 2.17 bits per heavy atom. The number of nitrogens with zero attached hydrogens (tertiary/aromatic N) is 2. The van der Waals surface area contributed by atoms with Gasteiger partial charge < -0.3 is 10.2 Å². The maximum atomic E-state index is 12.7. The first-order chi connectivity index (χ1) is 11.7. The summed E-state index contributed by atoms with van der Waals surface area (Å²) in [5.41, 5.74) is 1.24. The predicted molar refractivity (Wildman–Crippen MR) is 94.7 cm³/mol. The van der Waals surface area contributed by atoms with Crippen molar-refractivity contribution >= 4 is 16.7 Å². The third-order valence-electron chi connectivity index (χ3n) is 5.29. The lowest BCUT2D eigenvalue weighted by Gasteiger charge is -2.26. The number of carbonyl (C=O) groups is 1. The molecule has 5 rings (SSSR count). The minimum atomic E-state index is -0.101. The van der Waals surface area contributed by atoms with Crippen LogP contribution < -0.4 is 5.32 Å². The molecule has 2 bridgehead atoms. The molecule has 3 aliphatic rings. The Labute approximate surface area is 142 Å². The minimum Gasteiger partial charge on any atom is -0.347 e. The van der Waals surface area contributed by atoms with Gasteiger partial charge in [-0.25, -0.2) is 0 Å². The normalized spacial score (nSPS) is 25.9. The van der Waals surface area contributed by atoms with Crippen molar-refractivity contribution in [3.8, 4) is 12.3 Å². The van der Waals surface area contributed by atoms with Gasteiger partial charge in [-0.05, 0) is 50.4 Å². The lowest BCUT2D eigenvalue weighted by molar-refractivity contribution is 0.0924. The Kier molecular flexibility index (Phi) is 3.95. The second-order valence-corrected chi connectivity index (χ2v) is 6.89. The van der Waals surface area contributed by atoms with E-state index in [4.69, 9.17) is 6.42 Å². The van der Waals surface area contributed by atoms with Crippen LogP contribution in [0.5, 0.6) is 0 Å². The molecule has 2 aromatic rings. The van der Waals surface area contributed by atoms with E-state index in [1.807, 2.05) is 24.3 Å². The van der Waals surface area contributed by atoms with Crippen LogP contribution in [-0.2, 0) is 0 Å². The fourth-order valence-electron chi connectivity index (χ4n) is 3.98. The highest BCUT2D eigenvalue weighted by atomic mass is 16.1. The molecule has 4 heterocycles. The number of rotatable bonds is 2. The average Bonchev–Trinajstić information content (AvgIpc) is 2.93. The smallest absolute Gasteiger partial charge is 0.270 e. The molecule has 0 aliphatic carbocycles. The number of pyridine rings is 1. The van der Waals surface area contributed by atoms with Crippen LogP contribution in [0.25, 0.3) is 10.8 Å². The van der Waals surface area contributed by atoms with Crippen LogP contribution in [0.2, 0.25) is 0 Å². The van der Waals surface area contributed by atoms with Gasteiger partial charge in [-0.1, -0.05) is 18.1 Å². The van der Waals surface area contributed by atoms with Gasteiger partial charge >= 0.3 is 0 Å². The summed E-state index contributed by atoms with van der Waals surface area (Å²) in [6.07, 6.45) is 10.9. The summed E-state index contributed by atoms with van der Waals surface area (Å²) in [7, 11) is 0. The van der Waals surface area contributed by atoms with Crippen molar-refractivity contribution < 1.29 is 4.79 Å². The van der Waals surface area contributed by atoms with Gasteiger partial charge in [-0.3, -0.25) is 9.78 Å². The number of hydrogen-bond acceptors (Lipinski definition) is 3. The molecular weight excluding hydrogens is 298 g/mol. The van der Waals surface area contributed by atoms with Gasteiger partial charge in [0, 0.05) is 35.1 Å². The Hall–Kier alpha value is -2.38. The van der Waals surface area contributed by atoms with Crippen molar-refractivity contribution in [3.05, 3.63) is 41.7 Å². The summed E-state index contributed by atoms with van der Waals surface area (Å²) in [4.78, 5) is 19.4. The van der Waals surface area contributed by atoms with Crippen molar-refractivity contribution in [3.63, 3.8) is 0 Å². The highest BCUT2D eigenvalue weighted by Crippen LogP contribution is 2.27. The largest absolute Gasteiger partial charge is 0.347 e. The van der Waals surface area contributed by atoms with E-state index in [1.54, 1.807) is 6.20 Å². The van der Waals surface area contributed by atoms with Crippen LogP contribution in [0.15, 0.2) is 30.5 Å². The zero-order valence-electron chi connectivity index (χ0n) is 13.7. The molecular formula is C20H21N3O. The number of piperidine rings is 1. The van der Waals surface area contributed by atoms with Gasteiger partial charge in [0.15, 0.2) is 0 Å². The average molecular weight is 319 g/mol. The summed E-state index contributed by atoms with van der Waals surface area (Å²) in [6, 6.07) is 7.79. The zero-order chi connectivity index (χ0) is 16.5. The van der Waals surface area contributed by atoms with E-state index in [1.165, 1.54) is 12.8 Å². The van der Waals surface area contributed by atoms with E-state index in [2.05, 4.69) is 21.1 Å². The highest BCUT2D eigenvalue weighted by molar-refractivity contribution is 5.98. The monoisotopic (exact) mass is 319 g/mol. The van der Waals surface area contributed by atoms with E-state index in [9.17, 15) is 4.79 Å². The van der Waals surface area contributed by atoms with E-state index in [0.29, 0.717) is 5.69 Å². The molecule has 0 saturated carbocycles. The predicted octanol–water partition coefficient (Wildman–Crippen LogP) is 2.43. The molecule has 4 heteroatoms. The quantitative estimate of drug-likeness (QED) is 0.865. The molecule has 24 heavy (non-hydrogen) atoms. The lowest BCUT2D eigenvalue weighted by Crippen LogP contribution is -2.42. The second kappa shape index (κ2) is 6.26. The minimum absolute atomic E-state index is 0.101. The van der Waals surface area contributed by atoms with Crippen molar-refractivity contribution in [2.75, 3.05) is 19.6 Å². The van der Waals surface area contributed by atoms with Crippen molar-refractivity contribution in [1.82, 2.24) is 15.2 Å². The molecule has 1 amide bonds. The SMILES string of the molecule is C#Cc1cccc2cnc(C(=O)NC3CC4CCN(CC4)C3)cc12. The molecule has 3 fully saturated rings. The number of carbonyl (C=O) groups excluding carboxylic acids is 1. The Morgan fingerprint density at radius 3 is 2.96 bits per heavy atom. The standard InChI is InChI=1S/C20H21N3O/c1-2-15-4-3-5-16-12-21-19(11-18(15)16)20(24)22-17-10-14-6-8-23(13-17)9-7-14/h1,3-5,11-12,14,17H,6-10,13H2,(H,22,24). The second-order valence-electron chi connectivity index (χ2n) is 6.89. The van der Waals surface area contributed by atoms with Crippen molar-refractivity contribution in [2.24, 2.45) is 5.92 Å². The third kappa shape index (κ3) is 2.88. The number of hydrogen-bond donors (Lipinski definition) is 1. The van der Waals surface area contributed by atoms with Crippen molar-refractivity contribution in [2.45, 2.75) is 25.3 Å². The van der Waals surface area contributed by atoms with Crippen molar-refractivity contribution in [1.29, 1.82) is 0 Å². The van der Waals surface area contributed by atoms with Gasteiger partial charge in [0.25, 0.3) is 5.91 Å². The Morgan fingerprint density at radius 1 is 1.33 bits per heavy atom. The maximum absolute atomic E-state index is 12.7. The fraction of sp³-hybridized carbons (Fsp3) is 0.400. The molecule has 0 spiro atoms. The molecule has 3 aliphatic heterocycles. The molecule has 3 saturated heterocycles. The van der Waals surface area contributed by atoms with E-state index in [-0.39, 0.29) is 11.9 Å². The molecule has 4 nitrogen and oxygen atoms in total. The highest BCUT2D eigenvalue weighted by Gasteiger charge is 2.30. The first-order valence-electron chi connectivity index (χ1n) is 8.61. The van der Waals surface area contributed by atoms with Gasteiger partial charge in [0.2, 0.25) is 0 Å². The molecule has 1 atom stereocenters. The first-order valence-corrected chi connectivity index (χ1v) is 8.61. The van der Waals surface area contributed by atoms with Crippen LogP contribution in [0, 0.1) is 18.3 Å². The number of terminal acetylenes is 1. The number of benzene rings is 1. The first kappa shape index (κ1) is 15.2. The van der Waals surface area contributed by atoms with Crippen LogP contribution >= 0.6 is 0 Å². The van der Waals surface area contributed by atoms with Gasteiger partial charge in [0.1, 0.15) is 5.69 Å². The van der Waals surface area contributed by atoms with Crippen LogP contribution in [0.1, 0.15) is 35.3 Å². The summed E-state index contributed by atoms with van der Waals surface area (Å²) >= 11 is 0. The fourth-order valence-corrected chi connectivity index (χ4v) is 3.98. The lowest BCUT2D eigenvalue weighted by atomic mass is 9.94. The Balaban J connectivity index is 1.56. The number of aromatic nitrogens is 1. The topological polar surface area (TPSA) is 45.2 Å². The molecule has 1 unspecified atom stereocenters. The third-order valence-corrected chi connectivity index (χ3v) is 5.29. The zero-order valence-corrected chi connectivity index (χ0v) is 13.7. The van der Waals surface area contributed by atoms with Crippen LogP contribution in [0.4, 0.5) is 0 Å². The Bertz CT molecular complexity index is 801. The molecule has 1 aromatic carbocycles. The summed E-state index contributed by atoms with van der Waals surface area (Å²) < 4.78 is 0. The maximum Gasteiger partial charge on any atom is 0.270 e. The van der Waals surface area contributed by atoms with Gasteiger partial charge in [-0.15, -0.1) is 6.42 Å². The van der Waals surface area contributed by atoms with E-state index < -0.39 is 0 Å². The summed E-state index contributed by atoms with van der Waals surface area (Å²) in [6.45, 7) is 3.28. The molecule has 122 valence electrons. The summed E-state index contributed by atoms with van der Waals surface area (Å²) in [5.74, 6) is 3.32. The van der Waals surface area contributed by atoms with Crippen LogP contribution in [0.3, 0.4) is 0 Å². The molecule has 1 N–H and O–H groups in total. The van der Waals surface area contributed by atoms with Gasteiger partial charge in [-0.2, -0.15) is 0 Å². The number of nitrogens with one attached hydrogen (secondary N) is 1. The summed E-state index contributed by atoms with van der Waals surface area (Å²) in [5, 5.41) is 5.05.